The monoisotopic (exact) mass is 339 g/mol. The molecule has 2 atom stereocenters. The fraction of sp³-hybridized carbons (Fsp3) is 0.765. The van der Waals surface area contributed by atoms with Gasteiger partial charge >= 0.3 is 0 Å². The van der Waals surface area contributed by atoms with Gasteiger partial charge in [0.05, 0.1) is 30.0 Å². The van der Waals surface area contributed by atoms with Crippen molar-refractivity contribution in [2.24, 2.45) is 0 Å². The number of hydrogen-bond donors (Lipinski definition) is 0. The molecule has 0 radical (unpaired) electrons. The highest BCUT2D eigenvalue weighted by atomic mass is 32.2. The van der Waals surface area contributed by atoms with Crippen LogP contribution in [0, 0.1) is 6.92 Å². The number of fused-ring (bicyclic) bond motifs is 3. The average Bonchev–Trinajstić information content (AvgIpc) is 2.55. The van der Waals surface area contributed by atoms with Gasteiger partial charge in [-0.3, -0.25) is 0 Å². The Hall–Kier alpha value is -1.01. The minimum atomic E-state index is -0.0971. The molecule has 6 heteroatoms. The predicted molar refractivity (Wildman–Crippen MR) is 96.7 cm³/mol. The van der Waals surface area contributed by atoms with Crippen LogP contribution in [0.25, 0.3) is 0 Å². The van der Waals surface area contributed by atoms with E-state index in [1.165, 1.54) is 0 Å². The topological polar surface area (TPSA) is 47.5 Å². The standard InChI is InChI=1S/C15H23N3O2S.C2H6/c1-9-6-19-7-11-8-20-12-13(15(3,4)21-5)16-10(2)17-14(12)18(9)11;1-2/h9,11H,6-8H2,1-5H3;1-2H3/t9-,11?;/m0./s1. The highest BCUT2D eigenvalue weighted by Crippen LogP contribution is 2.44. The number of aromatic nitrogens is 2. The smallest absolute Gasteiger partial charge is 0.184 e. The number of aryl methyl sites for hydroxylation is 1. The Kier molecular flexibility index (Phi) is 5.79. The Labute approximate surface area is 144 Å². The third-order valence-corrected chi connectivity index (χ3v) is 5.46. The summed E-state index contributed by atoms with van der Waals surface area (Å²) in [6, 6.07) is 0.562. The molecular formula is C17H29N3O2S. The summed E-state index contributed by atoms with van der Waals surface area (Å²) in [7, 11) is 0. The van der Waals surface area contributed by atoms with Crippen molar-refractivity contribution in [3.63, 3.8) is 0 Å². The van der Waals surface area contributed by atoms with Gasteiger partial charge in [-0.2, -0.15) is 11.8 Å². The van der Waals surface area contributed by atoms with Crippen LogP contribution in [0.1, 0.15) is 46.1 Å². The summed E-state index contributed by atoms with van der Waals surface area (Å²) < 4.78 is 11.6. The summed E-state index contributed by atoms with van der Waals surface area (Å²) in [4.78, 5) is 11.7. The van der Waals surface area contributed by atoms with Gasteiger partial charge in [-0.15, -0.1) is 0 Å². The second kappa shape index (κ2) is 7.26. The highest BCUT2D eigenvalue weighted by Gasteiger charge is 2.39. The third-order valence-electron chi connectivity index (χ3n) is 4.24. The van der Waals surface area contributed by atoms with Crippen molar-refractivity contribution in [2.45, 2.75) is 58.4 Å². The summed E-state index contributed by atoms with van der Waals surface area (Å²) in [5.41, 5.74) is 0.995. The quantitative estimate of drug-likeness (QED) is 0.823. The molecule has 1 fully saturated rings. The molecule has 0 aromatic carbocycles. The largest absolute Gasteiger partial charge is 0.486 e. The predicted octanol–water partition coefficient (Wildman–Crippen LogP) is 3.40. The molecule has 0 spiro atoms. The fourth-order valence-electron chi connectivity index (χ4n) is 2.94. The molecule has 2 aliphatic rings. The van der Waals surface area contributed by atoms with E-state index in [2.05, 4.69) is 41.9 Å². The van der Waals surface area contributed by atoms with Gasteiger partial charge in [0, 0.05) is 0 Å². The Morgan fingerprint density at radius 2 is 1.87 bits per heavy atom. The van der Waals surface area contributed by atoms with Crippen molar-refractivity contribution in [2.75, 3.05) is 31.0 Å². The zero-order chi connectivity index (χ0) is 17.2. The van der Waals surface area contributed by atoms with E-state index in [9.17, 15) is 0 Å². The first-order valence-corrected chi connectivity index (χ1v) is 9.59. The lowest BCUT2D eigenvalue weighted by atomic mass is 10.0. The second-order valence-corrected chi connectivity index (χ2v) is 7.67. The maximum absolute atomic E-state index is 6.06. The van der Waals surface area contributed by atoms with Gasteiger partial charge in [-0.1, -0.05) is 13.8 Å². The van der Waals surface area contributed by atoms with Crippen molar-refractivity contribution < 1.29 is 9.47 Å². The van der Waals surface area contributed by atoms with Crippen molar-refractivity contribution >= 4 is 17.6 Å². The Morgan fingerprint density at radius 1 is 1.17 bits per heavy atom. The van der Waals surface area contributed by atoms with Gasteiger partial charge in [0.2, 0.25) is 0 Å². The summed E-state index contributed by atoms with van der Waals surface area (Å²) in [6.45, 7) is 14.6. The van der Waals surface area contributed by atoms with Crippen molar-refractivity contribution in [1.29, 1.82) is 0 Å². The number of morpholine rings is 1. The van der Waals surface area contributed by atoms with Gasteiger partial charge in [0.1, 0.15) is 18.1 Å². The van der Waals surface area contributed by atoms with E-state index in [4.69, 9.17) is 9.47 Å². The lowest BCUT2D eigenvalue weighted by molar-refractivity contribution is 0.0482. The van der Waals surface area contributed by atoms with Crippen LogP contribution in [-0.2, 0) is 9.48 Å². The second-order valence-electron chi connectivity index (χ2n) is 6.25. The first-order valence-electron chi connectivity index (χ1n) is 8.37. The van der Waals surface area contributed by atoms with Crippen LogP contribution < -0.4 is 9.64 Å². The molecule has 2 aliphatic heterocycles. The van der Waals surface area contributed by atoms with E-state index < -0.39 is 0 Å². The summed E-state index contributed by atoms with van der Waals surface area (Å²) >= 11 is 1.78. The molecule has 0 bridgehead atoms. The summed E-state index contributed by atoms with van der Waals surface area (Å²) in [5, 5.41) is 0. The number of rotatable bonds is 2. The molecule has 3 rings (SSSR count). The molecule has 130 valence electrons. The third kappa shape index (κ3) is 3.43. The molecular weight excluding hydrogens is 310 g/mol. The lowest BCUT2D eigenvalue weighted by Crippen LogP contribution is -2.56. The van der Waals surface area contributed by atoms with Crippen LogP contribution in [0.3, 0.4) is 0 Å². The summed E-state index contributed by atoms with van der Waals surface area (Å²) in [6.07, 6.45) is 2.10. The molecule has 1 unspecified atom stereocenters. The van der Waals surface area contributed by atoms with Crippen LogP contribution in [0.2, 0.25) is 0 Å². The van der Waals surface area contributed by atoms with Gasteiger partial charge in [-0.25, -0.2) is 9.97 Å². The van der Waals surface area contributed by atoms with E-state index in [-0.39, 0.29) is 10.8 Å². The van der Waals surface area contributed by atoms with E-state index >= 15 is 0 Å². The normalized spacial score (nSPS) is 23.2. The van der Waals surface area contributed by atoms with Gasteiger partial charge < -0.3 is 14.4 Å². The zero-order valence-corrected chi connectivity index (χ0v) is 16.2. The minimum absolute atomic E-state index is 0.0971. The first kappa shape index (κ1) is 18.3. The Balaban J connectivity index is 0.000000924. The van der Waals surface area contributed by atoms with E-state index in [0.29, 0.717) is 19.3 Å². The lowest BCUT2D eigenvalue weighted by Gasteiger charge is -2.45. The summed E-state index contributed by atoms with van der Waals surface area (Å²) in [5.74, 6) is 2.59. The number of ether oxygens (including phenoxy) is 2. The number of hydrogen-bond acceptors (Lipinski definition) is 6. The maximum atomic E-state index is 6.06. The Bertz CT molecular complexity index is 551. The van der Waals surface area contributed by atoms with Crippen LogP contribution in [0.15, 0.2) is 0 Å². The molecule has 0 aliphatic carbocycles. The van der Waals surface area contributed by atoms with Crippen LogP contribution >= 0.6 is 11.8 Å². The van der Waals surface area contributed by atoms with Crippen LogP contribution in [0.5, 0.6) is 5.75 Å². The van der Waals surface area contributed by atoms with Crippen molar-refractivity contribution in [3.05, 3.63) is 11.5 Å². The van der Waals surface area contributed by atoms with Crippen molar-refractivity contribution in [3.8, 4) is 5.75 Å². The van der Waals surface area contributed by atoms with E-state index in [1.807, 2.05) is 20.8 Å². The average molecular weight is 340 g/mol. The number of anilines is 1. The molecule has 0 saturated carbocycles. The zero-order valence-electron chi connectivity index (χ0n) is 15.3. The molecule has 5 nitrogen and oxygen atoms in total. The fourth-order valence-corrected chi connectivity index (χ4v) is 3.28. The molecule has 23 heavy (non-hydrogen) atoms. The molecule has 3 heterocycles. The van der Waals surface area contributed by atoms with Gasteiger partial charge in [-0.05, 0) is 34.0 Å². The van der Waals surface area contributed by atoms with Crippen LogP contribution in [0.4, 0.5) is 5.82 Å². The Morgan fingerprint density at radius 3 is 2.52 bits per heavy atom. The minimum Gasteiger partial charge on any atom is -0.486 e. The van der Waals surface area contributed by atoms with Gasteiger partial charge in [0.15, 0.2) is 11.6 Å². The van der Waals surface area contributed by atoms with E-state index in [0.717, 1.165) is 29.7 Å². The first-order chi connectivity index (χ1) is 10.9. The molecule has 1 aromatic rings. The molecule has 1 aromatic heterocycles. The maximum Gasteiger partial charge on any atom is 0.184 e. The van der Waals surface area contributed by atoms with E-state index in [1.54, 1.807) is 11.8 Å². The molecule has 0 amide bonds. The van der Waals surface area contributed by atoms with Crippen LogP contribution in [-0.4, -0.2) is 48.1 Å². The van der Waals surface area contributed by atoms with Crippen molar-refractivity contribution in [1.82, 2.24) is 9.97 Å². The van der Waals surface area contributed by atoms with Gasteiger partial charge in [0.25, 0.3) is 0 Å². The molecule has 0 N–H and O–H groups in total. The number of nitrogens with zero attached hydrogens (tertiary/aromatic N) is 3. The SMILES string of the molecule is CC.CSC(C)(C)c1nc(C)nc2c1OCC1COC[C@H](C)N21. The highest BCUT2D eigenvalue weighted by molar-refractivity contribution is 7.99. The molecule has 1 saturated heterocycles. The number of thioether (sulfide) groups is 1.